The smallest absolute Gasteiger partial charge is 0.278 e. The zero-order valence-electron chi connectivity index (χ0n) is 12.8. The first kappa shape index (κ1) is 16.0. The van der Waals surface area contributed by atoms with Crippen LogP contribution in [-0.4, -0.2) is 11.2 Å². The number of nitrogens with one attached hydrogen (secondary N) is 1. The molecule has 0 spiro atoms. The second-order valence-corrected chi connectivity index (χ2v) is 5.32. The Bertz CT molecular complexity index is 887. The van der Waals surface area contributed by atoms with Gasteiger partial charge in [-0.25, -0.2) is 0 Å². The van der Waals surface area contributed by atoms with Crippen LogP contribution in [0.1, 0.15) is 16.8 Å². The lowest BCUT2D eigenvalue weighted by atomic mass is 10.1. The molecule has 122 valence electrons. The van der Waals surface area contributed by atoms with Gasteiger partial charge in [0.15, 0.2) is 0 Å². The number of aromatic nitrogens is 1. The van der Waals surface area contributed by atoms with Crippen molar-refractivity contribution in [2.45, 2.75) is 13.1 Å². The number of rotatable bonds is 3. The molecule has 6 heteroatoms. The van der Waals surface area contributed by atoms with Gasteiger partial charge in [0.1, 0.15) is 0 Å². The predicted octanol–water partition coefficient (Wildman–Crippen LogP) is 5.01. The average Bonchev–Trinajstić information content (AvgIpc) is 2.54. The van der Waals surface area contributed by atoms with E-state index in [0.717, 1.165) is 17.7 Å². The van der Waals surface area contributed by atoms with E-state index in [2.05, 4.69) is 15.5 Å². The number of benzene rings is 2. The fourth-order valence-electron chi connectivity index (χ4n) is 2.34. The molecule has 24 heavy (non-hydrogen) atoms. The van der Waals surface area contributed by atoms with Crippen molar-refractivity contribution >= 4 is 22.8 Å². The Morgan fingerprint density at radius 2 is 1.79 bits per heavy atom. The summed E-state index contributed by atoms with van der Waals surface area (Å²) in [6, 6.07) is 14.6. The molecule has 0 aliphatic heterocycles. The van der Waals surface area contributed by atoms with Crippen LogP contribution in [0.4, 0.5) is 18.9 Å². The van der Waals surface area contributed by atoms with Gasteiger partial charge in [-0.05, 0) is 36.8 Å². The first-order chi connectivity index (χ1) is 11.4. The number of pyridine rings is 1. The summed E-state index contributed by atoms with van der Waals surface area (Å²) >= 11 is 0. The molecule has 0 saturated heterocycles. The highest BCUT2D eigenvalue weighted by atomic mass is 19.4. The van der Waals surface area contributed by atoms with E-state index in [1.807, 2.05) is 30.3 Å². The second kappa shape index (κ2) is 6.31. The zero-order valence-corrected chi connectivity index (χ0v) is 12.8. The summed E-state index contributed by atoms with van der Waals surface area (Å²) in [7, 11) is 0. The van der Waals surface area contributed by atoms with Gasteiger partial charge < -0.3 is 0 Å². The lowest BCUT2D eigenvalue weighted by molar-refractivity contribution is -0.137. The third-order valence-electron chi connectivity index (χ3n) is 3.46. The molecule has 1 N–H and O–H groups in total. The van der Waals surface area contributed by atoms with Crippen LogP contribution in [0, 0.1) is 6.92 Å². The highest BCUT2D eigenvalue weighted by Gasteiger charge is 2.30. The van der Waals surface area contributed by atoms with Crippen molar-refractivity contribution in [3.05, 3.63) is 71.4 Å². The van der Waals surface area contributed by atoms with E-state index in [0.29, 0.717) is 22.3 Å². The van der Waals surface area contributed by atoms with Crippen LogP contribution in [0.25, 0.3) is 10.9 Å². The molecule has 3 aromatic rings. The molecule has 0 aliphatic carbocycles. The Morgan fingerprint density at radius 1 is 1.04 bits per heavy atom. The highest BCUT2D eigenvalue weighted by Crippen LogP contribution is 2.33. The number of halogens is 3. The summed E-state index contributed by atoms with van der Waals surface area (Å²) < 4.78 is 38.8. The Hall–Kier alpha value is -2.89. The molecule has 1 heterocycles. The molecule has 3 nitrogen and oxygen atoms in total. The molecule has 1 aromatic heterocycles. The van der Waals surface area contributed by atoms with Crippen molar-refractivity contribution < 1.29 is 13.2 Å². The van der Waals surface area contributed by atoms with Gasteiger partial charge in [0, 0.05) is 11.1 Å². The molecule has 0 unspecified atom stereocenters. The van der Waals surface area contributed by atoms with Crippen molar-refractivity contribution in [3.8, 4) is 0 Å². The summed E-state index contributed by atoms with van der Waals surface area (Å²) in [5.41, 5.74) is 4.65. The van der Waals surface area contributed by atoms with Gasteiger partial charge in [-0.15, -0.1) is 0 Å². The monoisotopic (exact) mass is 329 g/mol. The molecule has 0 bridgehead atoms. The molecular formula is C18H14F3N3. The van der Waals surface area contributed by atoms with E-state index in [1.54, 1.807) is 19.2 Å². The highest BCUT2D eigenvalue weighted by molar-refractivity contribution is 5.92. The summed E-state index contributed by atoms with van der Waals surface area (Å²) in [5, 5.41) is 4.49. The quantitative estimate of drug-likeness (QED) is 0.542. The van der Waals surface area contributed by atoms with Crippen LogP contribution in [0.3, 0.4) is 0 Å². The Balaban J connectivity index is 1.98. The minimum atomic E-state index is -4.40. The number of hydrogen-bond donors (Lipinski definition) is 1. The SMILES string of the molecule is Cc1cc(NN=Cc2ccccc2)c2cc(C(F)(F)F)ccc2n1. The minimum Gasteiger partial charge on any atom is -0.278 e. The summed E-state index contributed by atoms with van der Waals surface area (Å²) in [6.07, 6.45) is -2.79. The first-order valence-electron chi connectivity index (χ1n) is 7.26. The van der Waals surface area contributed by atoms with E-state index in [-0.39, 0.29) is 0 Å². The maximum atomic E-state index is 12.9. The zero-order chi connectivity index (χ0) is 17.2. The van der Waals surface area contributed by atoms with Crippen LogP contribution in [-0.2, 0) is 6.18 Å². The first-order valence-corrected chi connectivity index (χ1v) is 7.26. The largest absolute Gasteiger partial charge is 0.416 e. The van der Waals surface area contributed by atoms with Crippen molar-refractivity contribution in [2.24, 2.45) is 5.10 Å². The molecule has 3 rings (SSSR count). The standard InChI is InChI=1S/C18H14F3N3/c1-12-9-17(24-22-11-13-5-3-2-4-6-13)15-10-14(18(19,20)21)7-8-16(15)23-12/h2-11H,1H3,(H,23,24). The van der Waals surface area contributed by atoms with Crippen molar-refractivity contribution in [1.29, 1.82) is 0 Å². The molecule has 0 amide bonds. The van der Waals surface area contributed by atoms with Crippen molar-refractivity contribution in [2.75, 3.05) is 5.43 Å². The van der Waals surface area contributed by atoms with Crippen LogP contribution in [0.2, 0.25) is 0 Å². The van der Waals surface area contributed by atoms with Gasteiger partial charge in [0.05, 0.1) is 23.0 Å². The fourth-order valence-corrected chi connectivity index (χ4v) is 2.34. The maximum Gasteiger partial charge on any atom is 0.416 e. The Morgan fingerprint density at radius 3 is 2.50 bits per heavy atom. The second-order valence-electron chi connectivity index (χ2n) is 5.32. The van der Waals surface area contributed by atoms with E-state index >= 15 is 0 Å². The van der Waals surface area contributed by atoms with Crippen LogP contribution >= 0.6 is 0 Å². The van der Waals surface area contributed by atoms with Gasteiger partial charge in [0.25, 0.3) is 0 Å². The Labute approximate surface area is 136 Å². The number of fused-ring (bicyclic) bond motifs is 1. The van der Waals surface area contributed by atoms with Crippen molar-refractivity contribution in [1.82, 2.24) is 4.98 Å². The number of hydrazone groups is 1. The topological polar surface area (TPSA) is 37.3 Å². The molecule has 0 atom stereocenters. The van der Waals surface area contributed by atoms with Crippen LogP contribution < -0.4 is 5.43 Å². The van der Waals surface area contributed by atoms with E-state index < -0.39 is 11.7 Å². The number of anilines is 1. The van der Waals surface area contributed by atoms with E-state index in [4.69, 9.17) is 0 Å². The number of aryl methyl sites for hydroxylation is 1. The molecule has 0 fully saturated rings. The lowest BCUT2D eigenvalue weighted by Crippen LogP contribution is -2.05. The third-order valence-corrected chi connectivity index (χ3v) is 3.46. The molecular weight excluding hydrogens is 315 g/mol. The molecule has 0 aliphatic rings. The number of alkyl halides is 3. The molecule has 0 radical (unpaired) electrons. The van der Waals surface area contributed by atoms with E-state index in [9.17, 15) is 13.2 Å². The molecule has 0 saturated carbocycles. The van der Waals surface area contributed by atoms with Gasteiger partial charge >= 0.3 is 6.18 Å². The van der Waals surface area contributed by atoms with Crippen molar-refractivity contribution in [3.63, 3.8) is 0 Å². The normalized spacial score (nSPS) is 12.0. The Kier molecular flexibility index (Phi) is 4.20. The van der Waals surface area contributed by atoms with E-state index in [1.165, 1.54) is 6.07 Å². The van der Waals surface area contributed by atoms with Gasteiger partial charge in [0.2, 0.25) is 0 Å². The lowest BCUT2D eigenvalue weighted by Gasteiger charge is -2.11. The number of hydrogen-bond acceptors (Lipinski definition) is 3. The van der Waals surface area contributed by atoms with Gasteiger partial charge in [-0.3, -0.25) is 10.4 Å². The minimum absolute atomic E-state index is 0.376. The molecule has 2 aromatic carbocycles. The fraction of sp³-hybridized carbons (Fsp3) is 0.111. The predicted molar refractivity (Wildman–Crippen MR) is 89.1 cm³/mol. The maximum absolute atomic E-state index is 12.9. The van der Waals surface area contributed by atoms with Crippen LogP contribution in [0.5, 0.6) is 0 Å². The summed E-state index contributed by atoms with van der Waals surface area (Å²) in [5.74, 6) is 0. The van der Waals surface area contributed by atoms with Gasteiger partial charge in [-0.2, -0.15) is 18.3 Å². The third kappa shape index (κ3) is 3.53. The average molecular weight is 329 g/mol. The summed E-state index contributed by atoms with van der Waals surface area (Å²) in [6.45, 7) is 1.78. The van der Waals surface area contributed by atoms with Gasteiger partial charge in [-0.1, -0.05) is 30.3 Å². The number of nitrogens with zero attached hydrogens (tertiary/aromatic N) is 2. The van der Waals surface area contributed by atoms with Crippen LogP contribution in [0.15, 0.2) is 59.7 Å². The summed E-state index contributed by atoms with van der Waals surface area (Å²) in [4.78, 5) is 4.27.